The van der Waals surface area contributed by atoms with Crippen LogP contribution in [-0.2, 0) is 22.7 Å². The average molecular weight is 516 g/mol. The Hall–Kier alpha value is -2.54. The number of nitrogens with two attached hydrogens (primary N) is 1. The molecule has 3 N–H and O–H groups in total. The number of carbonyl (C=O) groups excluding carboxylic acids is 1. The van der Waals surface area contributed by atoms with Gasteiger partial charge in [0.1, 0.15) is 17.4 Å². The number of rotatable bonds is 6. The Morgan fingerprint density at radius 1 is 1.17 bits per heavy atom. The molecule has 2 unspecified atom stereocenters. The summed E-state index contributed by atoms with van der Waals surface area (Å²) in [5, 5.41) is 11.2. The number of fused-ring (bicyclic) bond motifs is 1. The lowest BCUT2D eigenvalue weighted by Gasteiger charge is -2.16. The van der Waals surface area contributed by atoms with Crippen LogP contribution in [0.2, 0.25) is 0 Å². The Kier molecular flexibility index (Phi) is 5.90. The van der Waals surface area contributed by atoms with Crippen LogP contribution in [0.1, 0.15) is 66.2 Å². The first-order valence-corrected chi connectivity index (χ1v) is 13.1. The van der Waals surface area contributed by atoms with E-state index in [0.29, 0.717) is 38.5 Å². The van der Waals surface area contributed by atoms with Gasteiger partial charge in [0, 0.05) is 30.4 Å². The van der Waals surface area contributed by atoms with Crippen molar-refractivity contribution >= 4 is 21.6 Å². The minimum absolute atomic E-state index is 0.00741. The van der Waals surface area contributed by atoms with Gasteiger partial charge in [0.15, 0.2) is 5.03 Å². The zero-order valence-corrected chi connectivity index (χ0v) is 19.4. The number of aromatic nitrogens is 3. The van der Waals surface area contributed by atoms with Crippen LogP contribution in [0.15, 0.2) is 23.4 Å². The third kappa shape index (κ3) is 4.92. The molecule has 2 heterocycles. The topological polar surface area (TPSA) is 120 Å². The van der Waals surface area contributed by atoms with Gasteiger partial charge in [-0.05, 0) is 62.3 Å². The van der Waals surface area contributed by atoms with E-state index in [0.717, 1.165) is 16.9 Å². The third-order valence-electron chi connectivity index (χ3n) is 7.21. The fourth-order valence-corrected chi connectivity index (χ4v) is 6.16. The second-order valence-electron chi connectivity index (χ2n) is 9.87. The number of sulfonamides is 1. The molecule has 2 atom stereocenters. The van der Waals surface area contributed by atoms with Gasteiger partial charge in [-0.1, -0.05) is 0 Å². The van der Waals surface area contributed by atoms with Crippen LogP contribution in [-0.4, -0.2) is 35.3 Å². The van der Waals surface area contributed by atoms with Gasteiger partial charge < -0.3 is 5.32 Å². The van der Waals surface area contributed by atoms with Crippen molar-refractivity contribution in [1.82, 2.24) is 14.8 Å². The summed E-state index contributed by atoms with van der Waals surface area (Å²) in [6.07, 6.45) is -1.08. The summed E-state index contributed by atoms with van der Waals surface area (Å²) in [6.45, 7) is 0.126. The number of nitrogens with zero attached hydrogens (tertiary/aromatic N) is 3. The van der Waals surface area contributed by atoms with Crippen molar-refractivity contribution < 1.29 is 30.8 Å². The fraction of sp³-hybridized carbons (Fsp3) is 0.591. The Labute approximate surface area is 199 Å². The van der Waals surface area contributed by atoms with E-state index >= 15 is 0 Å². The molecule has 3 aliphatic rings. The second kappa shape index (κ2) is 8.54. The number of primary sulfonamides is 1. The average Bonchev–Trinajstić information content (AvgIpc) is 3.29. The normalized spacial score (nSPS) is 26.7. The van der Waals surface area contributed by atoms with E-state index in [-0.39, 0.29) is 41.6 Å². The summed E-state index contributed by atoms with van der Waals surface area (Å²) in [5.41, 5.74) is -1.86. The molecule has 2 aromatic heterocycles. The maximum Gasteiger partial charge on any atom is 0.420 e. The number of pyridine rings is 1. The number of carbonyl (C=O) groups is 1. The monoisotopic (exact) mass is 515 g/mol. The molecule has 0 aromatic carbocycles. The standard InChI is InChI=1S/C22H25F4N5O3S/c23-15-7-13-5-11(6-14(13)8-15)10-31-20(18(22(24,25)26)19(30-31)12-1-2-12)21(32)29-16-3-4-28-17(9-16)35(27,33)34/h3-4,9,11-15H,1-2,5-8,10H2,(H2,27,33,34)(H,28,29,32). The van der Waals surface area contributed by atoms with E-state index in [1.165, 1.54) is 6.07 Å². The highest BCUT2D eigenvalue weighted by Gasteiger charge is 2.47. The number of nitrogens with one attached hydrogen (secondary N) is 1. The summed E-state index contributed by atoms with van der Waals surface area (Å²) in [4.78, 5) is 16.8. The zero-order valence-electron chi connectivity index (χ0n) is 18.6. The molecule has 0 spiro atoms. The molecule has 8 nitrogen and oxygen atoms in total. The smallest absolute Gasteiger partial charge is 0.320 e. The highest BCUT2D eigenvalue weighted by molar-refractivity contribution is 7.89. The Morgan fingerprint density at radius 2 is 1.83 bits per heavy atom. The lowest BCUT2D eigenvalue weighted by atomic mass is 10.0. The van der Waals surface area contributed by atoms with Gasteiger partial charge in [-0.2, -0.15) is 18.3 Å². The van der Waals surface area contributed by atoms with Crippen molar-refractivity contribution in [1.29, 1.82) is 0 Å². The predicted octanol–water partition coefficient (Wildman–Crippen LogP) is 3.85. The van der Waals surface area contributed by atoms with Crippen molar-refractivity contribution in [2.75, 3.05) is 5.32 Å². The molecule has 3 fully saturated rings. The molecule has 35 heavy (non-hydrogen) atoms. The van der Waals surface area contributed by atoms with E-state index in [1.54, 1.807) is 0 Å². The van der Waals surface area contributed by atoms with Gasteiger partial charge in [-0.15, -0.1) is 0 Å². The quantitative estimate of drug-likeness (QED) is 0.567. The summed E-state index contributed by atoms with van der Waals surface area (Å²) >= 11 is 0. The highest BCUT2D eigenvalue weighted by Crippen LogP contribution is 2.50. The number of hydrogen-bond donors (Lipinski definition) is 2. The molecule has 0 aliphatic heterocycles. The number of alkyl halides is 4. The first kappa shape index (κ1) is 24.2. The summed E-state index contributed by atoms with van der Waals surface area (Å²) < 4.78 is 80.6. The number of anilines is 1. The molecule has 2 aromatic rings. The summed E-state index contributed by atoms with van der Waals surface area (Å²) in [5.74, 6) is -0.996. The Balaban J connectivity index is 1.48. The lowest BCUT2D eigenvalue weighted by molar-refractivity contribution is -0.138. The minimum atomic E-state index is -4.81. The SMILES string of the molecule is NS(=O)(=O)c1cc(NC(=O)c2c(C(F)(F)F)c(C3CC3)nn2CC2CC3CC(F)CC3C2)ccn1. The van der Waals surface area contributed by atoms with Crippen LogP contribution >= 0.6 is 0 Å². The van der Waals surface area contributed by atoms with Crippen LogP contribution in [0, 0.1) is 17.8 Å². The molecule has 3 aliphatic carbocycles. The van der Waals surface area contributed by atoms with Crippen molar-refractivity contribution in [3.63, 3.8) is 0 Å². The van der Waals surface area contributed by atoms with E-state index < -0.39 is 44.6 Å². The molecule has 1 amide bonds. The van der Waals surface area contributed by atoms with Gasteiger partial charge in [-0.25, -0.2) is 22.9 Å². The molecular formula is C22H25F4N5O3S. The van der Waals surface area contributed by atoms with Crippen LogP contribution in [0.5, 0.6) is 0 Å². The predicted molar refractivity (Wildman–Crippen MR) is 117 cm³/mol. The van der Waals surface area contributed by atoms with Gasteiger partial charge in [0.2, 0.25) is 0 Å². The maximum absolute atomic E-state index is 14.2. The molecule has 3 saturated carbocycles. The molecule has 0 saturated heterocycles. The van der Waals surface area contributed by atoms with Crippen LogP contribution in [0.4, 0.5) is 23.2 Å². The van der Waals surface area contributed by atoms with Gasteiger partial charge in [0.25, 0.3) is 15.9 Å². The van der Waals surface area contributed by atoms with E-state index in [4.69, 9.17) is 5.14 Å². The zero-order chi connectivity index (χ0) is 25.1. The first-order chi connectivity index (χ1) is 16.4. The Morgan fingerprint density at radius 3 is 2.40 bits per heavy atom. The first-order valence-electron chi connectivity index (χ1n) is 11.5. The largest absolute Gasteiger partial charge is 0.420 e. The van der Waals surface area contributed by atoms with Crippen LogP contribution < -0.4 is 10.5 Å². The molecule has 0 radical (unpaired) electrons. The van der Waals surface area contributed by atoms with Crippen molar-refractivity contribution in [3.8, 4) is 0 Å². The number of hydrogen-bond acceptors (Lipinski definition) is 5. The number of amides is 1. The lowest BCUT2D eigenvalue weighted by Crippen LogP contribution is -2.24. The van der Waals surface area contributed by atoms with Crippen molar-refractivity contribution in [3.05, 3.63) is 35.3 Å². The van der Waals surface area contributed by atoms with Crippen molar-refractivity contribution in [2.24, 2.45) is 22.9 Å². The molecule has 190 valence electrons. The van der Waals surface area contributed by atoms with Gasteiger partial charge in [0.05, 0.1) is 5.69 Å². The van der Waals surface area contributed by atoms with E-state index in [1.807, 2.05) is 0 Å². The highest BCUT2D eigenvalue weighted by atomic mass is 32.2. The summed E-state index contributed by atoms with van der Waals surface area (Å²) in [6, 6.07) is 2.24. The number of halogens is 4. The second-order valence-corrected chi connectivity index (χ2v) is 11.4. The molecule has 0 bridgehead atoms. The van der Waals surface area contributed by atoms with E-state index in [2.05, 4.69) is 15.4 Å². The van der Waals surface area contributed by atoms with Gasteiger partial charge >= 0.3 is 6.18 Å². The third-order valence-corrected chi connectivity index (χ3v) is 8.02. The molecular weight excluding hydrogens is 490 g/mol. The van der Waals surface area contributed by atoms with Gasteiger partial charge in [-0.3, -0.25) is 9.48 Å². The summed E-state index contributed by atoms with van der Waals surface area (Å²) in [7, 11) is -4.18. The van der Waals surface area contributed by atoms with Crippen molar-refractivity contribution in [2.45, 2.75) is 68.4 Å². The maximum atomic E-state index is 14.2. The van der Waals surface area contributed by atoms with E-state index in [9.17, 15) is 30.8 Å². The van der Waals surface area contributed by atoms with Crippen LogP contribution in [0.25, 0.3) is 0 Å². The molecule has 5 rings (SSSR count). The molecule has 13 heteroatoms. The minimum Gasteiger partial charge on any atom is -0.320 e. The Bertz CT molecular complexity index is 1240. The fourth-order valence-electron chi connectivity index (χ4n) is 5.66. The van der Waals surface area contributed by atoms with Crippen LogP contribution in [0.3, 0.4) is 0 Å².